The van der Waals surface area contributed by atoms with Gasteiger partial charge < -0.3 is 9.47 Å². The summed E-state index contributed by atoms with van der Waals surface area (Å²) in [7, 11) is 0. The van der Waals surface area contributed by atoms with Crippen LogP contribution in [0.1, 0.15) is 32.8 Å². The summed E-state index contributed by atoms with van der Waals surface area (Å²) in [5, 5.41) is 0. The molecule has 3 nitrogen and oxygen atoms in total. The Balaban J connectivity index is 2.40. The Morgan fingerprint density at radius 1 is 1.33 bits per heavy atom. The molecule has 0 N–H and O–H groups in total. The molecule has 0 atom stereocenters. The lowest BCUT2D eigenvalue weighted by atomic mass is 10.2. The van der Waals surface area contributed by atoms with Gasteiger partial charge in [0.2, 0.25) is 0 Å². The number of hydrogen-bond donors (Lipinski definition) is 0. The zero-order chi connectivity index (χ0) is 13.8. The van der Waals surface area contributed by atoms with E-state index in [1.54, 1.807) is 0 Å². The van der Waals surface area contributed by atoms with E-state index in [0.29, 0.717) is 6.61 Å². The van der Waals surface area contributed by atoms with Gasteiger partial charge in [-0.2, -0.15) is 0 Å². The standard InChI is InChI=1S/C14H19BrO3/c1-10-5-6-12(11(15)9-10)17-8-7-13(16)18-14(2,3)4/h5-6,9H,7-8H2,1-4H3. The second kappa shape index (κ2) is 6.23. The Bertz CT molecular complexity index is 422. The largest absolute Gasteiger partial charge is 0.492 e. The molecule has 0 unspecified atom stereocenters. The minimum atomic E-state index is -0.443. The van der Waals surface area contributed by atoms with E-state index in [1.165, 1.54) is 0 Å². The fourth-order valence-electron chi connectivity index (χ4n) is 1.36. The van der Waals surface area contributed by atoms with Gasteiger partial charge >= 0.3 is 5.97 Å². The average Bonchev–Trinajstić information content (AvgIpc) is 2.18. The highest BCUT2D eigenvalue weighted by molar-refractivity contribution is 9.10. The number of carbonyl (C=O) groups is 1. The van der Waals surface area contributed by atoms with Gasteiger partial charge in [0, 0.05) is 0 Å². The van der Waals surface area contributed by atoms with Crippen molar-refractivity contribution in [1.29, 1.82) is 0 Å². The second-order valence-electron chi connectivity index (χ2n) is 5.12. The van der Waals surface area contributed by atoms with E-state index in [0.717, 1.165) is 15.8 Å². The highest BCUT2D eigenvalue weighted by atomic mass is 79.9. The summed E-state index contributed by atoms with van der Waals surface area (Å²) in [6, 6.07) is 5.82. The molecule has 0 bridgehead atoms. The third kappa shape index (κ3) is 5.54. The molecule has 0 amide bonds. The van der Waals surface area contributed by atoms with E-state index in [4.69, 9.17) is 9.47 Å². The summed E-state index contributed by atoms with van der Waals surface area (Å²) < 4.78 is 11.6. The van der Waals surface area contributed by atoms with Crippen LogP contribution in [-0.2, 0) is 9.53 Å². The van der Waals surface area contributed by atoms with Crippen molar-refractivity contribution in [2.45, 2.75) is 39.7 Å². The number of ether oxygens (including phenoxy) is 2. The molecule has 0 radical (unpaired) electrons. The van der Waals surface area contributed by atoms with Gasteiger partial charge in [-0.3, -0.25) is 4.79 Å². The Morgan fingerprint density at radius 2 is 2.00 bits per heavy atom. The molecule has 0 heterocycles. The highest BCUT2D eigenvalue weighted by Gasteiger charge is 2.16. The van der Waals surface area contributed by atoms with Crippen LogP contribution < -0.4 is 4.74 Å². The summed E-state index contributed by atoms with van der Waals surface area (Å²) in [6.45, 7) is 7.87. The molecule has 0 aromatic heterocycles. The first-order chi connectivity index (χ1) is 8.28. The summed E-state index contributed by atoms with van der Waals surface area (Å²) >= 11 is 3.42. The molecular formula is C14H19BrO3. The minimum Gasteiger partial charge on any atom is -0.492 e. The highest BCUT2D eigenvalue weighted by Crippen LogP contribution is 2.25. The average molecular weight is 315 g/mol. The molecule has 0 aliphatic rings. The molecule has 1 aromatic carbocycles. The number of benzene rings is 1. The molecule has 0 saturated carbocycles. The summed E-state index contributed by atoms with van der Waals surface area (Å²) in [4.78, 5) is 11.5. The van der Waals surface area contributed by atoms with Gasteiger partial charge in [-0.1, -0.05) is 6.07 Å². The maximum absolute atomic E-state index is 11.5. The van der Waals surface area contributed by atoms with Crippen LogP contribution in [-0.4, -0.2) is 18.2 Å². The summed E-state index contributed by atoms with van der Waals surface area (Å²) in [5.74, 6) is 0.495. The first-order valence-corrected chi connectivity index (χ1v) is 6.68. The van der Waals surface area contributed by atoms with Gasteiger partial charge in [0.1, 0.15) is 11.4 Å². The number of hydrogen-bond acceptors (Lipinski definition) is 3. The lowest BCUT2D eigenvalue weighted by molar-refractivity contribution is -0.155. The zero-order valence-electron chi connectivity index (χ0n) is 11.2. The van der Waals surface area contributed by atoms with Crippen molar-refractivity contribution < 1.29 is 14.3 Å². The molecule has 0 saturated heterocycles. The third-order valence-electron chi connectivity index (χ3n) is 2.07. The molecule has 0 spiro atoms. The van der Waals surface area contributed by atoms with Crippen LogP contribution in [0, 0.1) is 6.92 Å². The molecule has 0 fully saturated rings. The van der Waals surface area contributed by atoms with E-state index >= 15 is 0 Å². The molecule has 4 heteroatoms. The number of carbonyl (C=O) groups excluding carboxylic acids is 1. The van der Waals surface area contributed by atoms with Crippen molar-refractivity contribution in [3.63, 3.8) is 0 Å². The number of rotatable bonds is 4. The predicted molar refractivity (Wildman–Crippen MR) is 74.8 cm³/mol. The van der Waals surface area contributed by atoms with Gasteiger partial charge in [-0.25, -0.2) is 0 Å². The minimum absolute atomic E-state index is 0.245. The van der Waals surface area contributed by atoms with Crippen molar-refractivity contribution in [3.8, 4) is 5.75 Å². The third-order valence-corrected chi connectivity index (χ3v) is 2.69. The number of halogens is 1. The van der Waals surface area contributed by atoms with Crippen LogP contribution in [0.4, 0.5) is 0 Å². The normalized spacial score (nSPS) is 11.2. The van der Waals surface area contributed by atoms with Crippen LogP contribution in [0.3, 0.4) is 0 Å². The van der Waals surface area contributed by atoms with Crippen LogP contribution in [0.2, 0.25) is 0 Å². The predicted octanol–water partition coefficient (Wildman–Crippen LogP) is 3.87. The Hall–Kier alpha value is -1.03. The fourth-order valence-corrected chi connectivity index (χ4v) is 1.97. The Labute approximate surface area is 117 Å². The van der Waals surface area contributed by atoms with Crippen molar-refractivity contribution in [3.05, 3.63) is 28.2 Å². The van der Waals surface area contributed by atoms with Crippen LogP contribution in [0.5, 0.6) is 5.75 Å². The molecule has 0 aliphatic heterocycles. The number of aryl methyl sites for hydroxylation is 1. The maximum atomic E-state index is 11.5. The Morgan fingerprint density at radius 3 is 2.56 bits per heavy atom. The molecule has 1 aromatic rings. The van der Waals surface area contributed by atoms with Crippen LogP contribution in [0.25, 0.3) is 0 Å². The first-order valence-electron chi connectivity index (χ1n) is 5.89. The van der Waals surface area contributed by atoms with Crippen molar-refractivity contribution >= 4 is 21.9 Å². The van der Waals surface area contributed by atoms with E-state index < -0.39 is 5.60 Å². The fraction of sp³-hybridized carbons (Fsp3) is 0.500. The maximum Gasteiger partial charge on any atom is 0.309 e. The molecule has 18 heavy (non-hydrogen) atoms. The van der Waals surface area contributed by atoms with Gasteiger partial charge in [-0.05, 0) is 61.3 Å². The second-order valence-corrected chi connectivity index (χ2v) is 5.97. The SMILES string of the molecule is Cc1ccc(OCCC(=O)OC(C)(C)C)c(Br)c1. The van der Waals surface area contributed by atoms with Crippen LogP contribution in [0.15, 0.2) is 22.7 Å². The Kier molecular flexibility index (Phi) is 5.20. The summed E-state index contributed by atoms with van der Waals surface area (Å²) in [5.41, 5.74) is 0.711. The van der Waals surface area contributed by atoms with E-state index in [9.17, 15) is 4.79 Å². The van der Waals surface area contributed by atoms with Gasteiger partial charge in [-0.15, -0.1) is 0 Å². The monoisotopic (exact) mass is 314 g/mol. The smallest absolute Gasteiger partial charge is 0.309 e. The van der Waals surface area contributed by atoms with Crippen molar-refractivity contribution in [2.24, 2.45) is 0 Å². The van der Waals surface area contributed by atoms with Crippen LogP contribution >= 0.6 is 15.9 Å². The van der Waals surface area contributed by atoms with E-state index in [2.05, 4.69) is 15.9 Å². The lowest BCUT2D eigenvalue weighted by Crippen LogP contribution is -2.24. The van der Waals surface area contributed by atoms with E-state index in [-0.39, 0.29) is 12.4 Å². The quantitative estimate of drug-likeness (QED) is 0.791. The molecular weight excluding hydrogens is 296 g/mol. The van der Waals surface area contributed by atoms with Crippen molar-refractivity contribution in [1.82, 2.24) is 0 Å². The lowest BCUT2D eigenvalue weighted by Gasteiger charge is -2.19. The zero-order valence-corrected chi connectivity index (χ0v) is 12.8. The van der Waals surface area contributed by atoms with Gasteiger partial charge in [0.25, 0.3) is 0 Å². The first kappa shape index (κ1) is 15.0. The van der Waals surface area contributed by atoms with Gasteiger partial charge in [0.15, 0.2) is 0 Å². The molecule has 100 valence electrons. The topological polar surface area (TPSA) is 35.5 Å². The summed E-state index contributed by atoms with van der Waals surface area (Å²) in [6.07, 6.45) is 0.248. The van der Waals surface area contributed by atoms with Crippen molar-refractivity contribution in [2.75, 3.05) is 6.61 Å². The molecule has 0 aliphatic carbocycles. The van der Waals surface area contributed by atoms with E-state index in [1.807, 2.05) is 45.9 Å². The van der Waals surface area contributed by atoms with Gasteiger partial charge in [0.05, 0.1) is 17.5 Å². The number of esters is 1. The molecule has 1 rings (SSSR count).